The SMILES string of the molecule is CN=C(NCC(=O)NCCOC)N(C)Cc1nc2c(s1)CCCC2.I. The minimum Gasteiger partial charge on any atom is -0.383 e. The van der Waals surface area contributed by atoms with Crippen LogP contribution in [-0.4, -0.2) is 62.7 Å². The van der Waals surface area contributed by atoms with Crippen LogP contribution in [0.3, 0.4) is 0 Å². The molecule has 2 N–H and O–H groups in total. The summed E-state index contributed by atoms with van der Waals surface area (Å²) in [5.74, 6) is 0.608. The highest BCUT2D eigenvalue weighted by atomic mass is 127. The van der Waals surface area contributed by atoms with Gasteiger partial charge < -0.3 is 20.3 Å². The van der Waals surface area contributed by atoms with Gasteiger partial charge in [-0.2, -0.15) is 0 Å². The Kier molecular flexibility index (Phi) is 10.3. The molecule has 0 saturated heterocycles. The molecule has 1 aromatic heterocycles. The van der Waals surface area contributed by atoms with Crippen LogP contribution < -0.4 is 10.6 Å². The Morgan fingerprint density at radius 1 is 1.36 bits per heavy atom. The number of rotatable bonds is 7. The molecule has 1 aromatic rings. The van der Waals surface area contributed by atoms with Crippen molar-refractivity contribution in [3.05, 3.63) is 15.6 Å². The quantitative estimate of drug-likeness (QED) is 0.267. The number of carbonyl (C=O) groups is 1. The van der Waals surface area contributed by atoms with Crippen LogP contribution in [-0.2, 0) is 28.9 Å². The number of guanidine groups is 1. The first kappa shape index (κ1) is 22.1. The van der Waals surface area contributed by atoms with Gasteiger partial charge in [-0.25, -0.2) is 4.98 Å². The van der Waals surface area contributed by atoms with Gasteiger partial charge in [-0.05, 0) is 25.7 Å². The molecule has 0 aromatic carbocycles. The van der Waals surface area contributed by atoms with Gasteiger partial charge in [0, 0.05) is 32.6 Å². The molecule has 1 aliphatic carbocycles. The lowest BCUT2D eigenvalue weighted by Crippen LogP contribution is -2.44. The van der Waals surface area contributed by atoms with Crippen molar-refractivity contribution in [2.45, 2.75) is 32.2 Å². The minimum absolute atomic E-state index is 0. The number of aromatic nitrogens is 1. The van der Waals surface area contributed by atoms with Crippen molar-refractivity contribution in [2.75, 3.05) is 40.9 Å². The molecule has 0 unspecified atom stereocenters. The lowest BCUT2D eigenvalue weighted by atomic mass is 10.0. The first-order chi connectivity index (χ1) is 11.6. The van der Waals surface area contributed by atoms with E-state index in [9.17, 15) is 4.79 Å². The van der Waals surface area contributed by atoms with E-state index in [2.05, 4.69) is 15.6 Å². The highest BCUT2D eigenvalue weighted by Crippen LogP contribution is 2.27. The van der Waals surface area contributed by atoms with Gasteiger partial charge in [0.1, 0.15) is 5.01 Å². The number of hydrogen-bond acceptors (Lipinski definition) is 5. The standard InChI is InChI=1S/C16H27N5O2S.HI/c1-17-16(19-10-14(22)18-8-9-23-3)21(2)11-15-20-12-6-4-5-7-13(12)24-15;/h4-11H2,1-3H3,(H,17,19)(H,18,22);1H. The van der Waals surface area contributed by atoms with Gasteiger partial charge in [-0.1, -0.05) is 0 Å². The second kappa shape index (κ2) is 11.6. The molecular formula is C16H28IN5O2S. The van der Waals surface area contributed by atoms with Crippen LogP contribution in [0.4, 0.5) is 0 Å². The van der Waals surface area contributed by atoms with Crippen molar-refractivity contribution < 1.29 is 9.53 Å². The molecule has 0 bridgehead atoms. The van der Waals surface area contributed by atoms with E-state index >= 15 is 0 Å². The Morgan fingerprint density at radius 3 is 2.80 bits per heavy atom. The molecule has 1 aliphatic rings. The monoisotopic (exact) mass is 481 g/mol. The van der Waals surface area contributed by atoms with Crippen molar-refractivity contribution in [1.82, 2.24) is 20.5 Å². The van der Waals surface area contributed by atoms with Crippen LogP contribution in [0, 0.1) is 0 Å². The minimum atomic E-state index is -0.0775. The Morgan fingerprint density at radius 2 is 2.12 bits per heavy atom. The molecule has 1 heterocycles. The highest BCUT2D eigenvalue weighted by Gasteiger charge is 2.17. The molecule has 0 saturated carbocycles. The fourth-order valence-corrected chi connectivity index (χ4v) is 3.86. The zero-order valence-electron chi connectivity index (χ0n) is 15.1. The van der Waals surface area contributed by atoms with Gasteiger partial charge in [0.25, 0.3) is 0 Å². The predicted octanol–water partition coefficient (Wildman–Crippen LogP) is 1.41. The summed E-state index contributed by atoms with van der Waals surface area (Å²) in [7, 11) is 5.28. The van der Waals surface area contributed by atoms with E-state index in [4.69, 9.17) is 9.72 Å². The van der Waals surface area contributed by atoms with Crippen LogP contribution in [0.2, 0.25) is 0 Å². The maximum atomic E-state index is 11.7. The third kappa shape index (κ3) is 7.06. The van der Waals surface area contributed by atoms with Gasteiger partial charge in [0.2, 0.25) is 5.91 Å². The molecule has 9 heteroatoms. The maximum Gasteiger partial charge on any atom is 0.239 e. The fourth-order valence-electron chi connectivity index (χ4n) is 2.65. The van der Waals surface area contributed by atoms with E-state index in [1.165, 1.54) is 23.4 Å². The van der Waals surface area contributed by atoms with E-state index in [0.29, 0.717) is 25.7 Å². The summed E-state index contributed by atoms with van der Waals surface area (Å²) in [6.45, 7) is 1.91. The predicted molar refractivity (Wildman–Crippen MR) is 112 cm³/mol. The lowest BCUT2D eigenvalue weighted by Gasteiger charge is -2.20. The van der Waals surface area contributed by atoms with Crippen molar-refractivity contribution >= 4 is 47.2 Å². The number of thiazole rings is 1. The zero-order chi connectivity index (χ0) is 17.4. The van der Waals surface area contributed by atoms with E-state index < -0.39 is 0 Å². The molecular weight excluding hydrogens is 453 g/mol. The second-order valence-corrected chi connectivity index (χ2v) is 6.95. The van der Waals surface area contributed by atoms with E-state index in [1.54, 1.807) is 25.5 Å². The van der Waals surface area contributed by atoms with Crippen LogP contribution >= 0.6 is 35.3 Å². The number of hydrogen-bond donors (Lipinski definition) is 2. The molecule has 0 spiro atoms. The average molecular weight is 481 g/mol. The number of aliphatic imine (C=N–C) groups is 1. The second-order valence-electron chi connectivity index (χ2n) is 5.78. The molecule has 142 valence electrons. The number of ether oxygens (including phenoxy) is 1. The third-order valence-electron chi connectivity index (χ3n) is 3.87. The van der Waals surface area contributed by atoms with Gasteiger partial charge >= 0.3 is 0 Å². The third-order valence-corrected chi connectivity index (χ3v) is 5.01. The number of fused-ring (bicyclic) bond motifs is 1. The summed E-state index contributed by atoms with van der Waals surface area (Å²) in [4.78, 5) is 24.2. The topological polar surface area (TPSA) is 78.8 Å². The summed E-state index contributed by atoms with van der Waals surface area (Å²) in [6.07, 6.45) is 4.77. The molecule has 25 heavy (non-hydrogen) atoms. The van der Waals surface area contributed by atoms with E-state index in [-0.39, 0.29) is 36.4 Å². The van der Waals surface area contributed by atoms with Crippen molar-refractivity contribution in [2.24, 2.45) is 4.99 Å². The first-order valence-electron chi connectivity index (χ1n) is 8.29. The van der Waals surface area contributed by atoms with Crippen molar-refractivity contribution in [1.29, 1.82) is 0 Å². The fraction of sp³-hybridized carbons (Fsp3) is 0.688. The zero-order valence-corrected chi connectivity index (χ0v) is 18.3. The number of carbonyl (C=O) groups excluding carboxylic acids is 1. The number of amides is 1. The summed E-state index contributed by atoms with van der Waals surface area (Å²) >= 11 is 1.80. The molecule has 0 radical (unpaired) electrons. The number of nitrogens with one attached hydrogen (secondary N) is 2. The van der Waals surface area contributed by atoms with Crippen molar-refractivity contribution in [3.63, 3.8) is 0 Å². The highest BCUT2D eigenvalue weighted by molar-refractivity contribution is 14.0. The average Bonchev–Trinajstić information content (AvgIpc) is 2.97. The Bertz CT molecular complexity index is 555. The normalized spacial score (nSPS) is 13.6. The van der Waals surface area contributed by atoms with Gasteiger partial charge in [0.05, 0.1) is 25.4 Å². The number of methoxy groups -OCH3 is 1. The van der Waals surface area contributed by atoms with Gasteiger partial charge in [0.15, 0.2) is 5.96 Å². The first-order valence-corrected chi connectivity index (χ1v) is 9.10. The van der Waals surface area contributed by atoms with Crippen molar-refractivity contribution in [3.8, 4) is 0 Å². The molecule has 7 nitrogen and oxygen atoms in total. The summed E-state index contributed by atoms with van der Waals surface area (Å²) < 4.78 is 4.91. The summed E-state index contributed by atoms with van der Waals surface area (Å²) in [5, 5.41) is 6.96. The number of aryl methyl sites for hydroxylation is 2. The summed E-state index contributed by atoms with van der Waals surface area (Å²) in [6, 6.07) is 0. The van der Waals surface area contributed by atoms with Crippen LogP contribution in [0.1, 0.15) is 28.4 Å². The number of nitrogens with zero attached hydrogens (tertiary/aromatic N) is 3. The summed E-state index contributed by atoms with van der Waals surface area (Å²) in [5.41, 5.74) is 1.27. The van der Waals surface area contributed by atoms with Crippen LogP contribution in [0.15, 0.2) is 4.99 Å². The molecule has 0 atom stereocenters. The Hall–Kier alpha value is -0.940. The van der Waals surface area contributed by atoms with Crippen LogP contribution in [0.25, 0.3) is 0 Å². The Balaban J connectivity index is 0.00000312. The maximum absolute atomic E-state index is 11.7. The molecule has 0 aliphatic heterocycles. The lowest BCUT2D eigenvalue weighted by molar-refractivity contribution is -0.120. The van der Waals surface area contributed by atoms with E-state index in [0.717, 1.165) is 17.8 Å². The van der Waals surface area contributed by atoms with Gasteiger partial charge in [-0.15, -0.1) is 35.3 Å². The molecule has 1 amide bonds. The van der Waals surface area contributed by atoms with Gasteiger partial charge in [-0.3, -0.25) is 9.79 Å². The van der Waals surface area contributed by atoms with E-state index in [1.807, 2.05) is 11.9 Å². The van der Waals surface area contributed by atoms with Crippen LogP contribution in [0.5, 0.6) is 0 Å². The number of halogens is 1. The smallest absolute Gasteiger partial charge is 0.239 e. The largest absolute Gasteiger partial charge is 0.383 e. The Labute approximate surface area is 170 Å². The molecule has 0 fully saturated rings. The molecule has 2 rings (SSSR count).